The van der Waals surface area contributed by atoms with Gasteiger partial charge in [0.25, 0.3) is 12.3 Å². The van der Waals surface area contributed by atoms with Crippen LogP contribution in [-0.2, 0) is 4.74 Å². The third kappa shape index (κ3) is 18.6. The van der Waals surface area contributed by atoms with Crippen molar-refractivity contribution < 1.29 is 30.0 Å². The summed E-state index contributed by atoms with van der Waals surface area (Å²) >= 11 is 0. The Balaban J connectivity index is -0.000000180. The quantitative estimate of drug-likeness (QED) is 0.199. The van der Waals surface area contributed by atoms with Gasteiger partial charge in [-0.15, -0.1) is 0 Å². The molecule has 0 bridgehead atoms. The molecule has 0 aliphatic carbocycles. The van der Waals surface area contributed by atoms with E-state index < -0.39 is 12.3 Å². The van der Waals surface area contributed by atoms with E-state index in [0.29, 0.717) is 0 Å². The van der Waals surface area contributed by atoms with Crippen LogP contribution in [0.4, 0.5) is 9.59 Å². The maximum atomic E-state index is 9.06. The van der Waals surface area contributed by atoms with E-state index in [1.165, 1.54) is 0 Å². The Labute approximate surface area is 65.9 Å². The van der Waals surface area contributed by atoms with Crippen molar-refractivity contribution in [2.45, 2.75) is 0 Å². The Morgan fingerprint density at radius 2 is 1.33 bits per heavy atom. The van der Waals surface area contributed by atoms with E-state index in [9.17, 15) is 0 Å². The Hall–Kier alpha value is -0.534. The SMILES string of the molecule is O.O=C([O-])OC(=O)[O-].[Mg+2]. The van der Waals surface area contributed by atoms with E-state index in [4.69, 9.17) is 19.8 Å². The van der Waals surface area contributed by atoms with Gasteiger partial charge in [0.05, 0.1) is 0 Å². The summed E-state index contributed by atoms with van der Waals surface area (Å²) in [4.78, 5) is 18.1. The first-order chi connectivity index (χ1) is 3.13. The summed E-state index contributed by atoms with van der Waals surface area (Å²) in [6.45, 7) is 0. The minimum atomic E-state index is -2.12. The molecule has 0 spiro atoms. The number of carboxylic acid groups (broad SMARTS) is 2. The Bertz CT molecular complexity index is 87.2. The van der Waals surface area contributed by atoms with Crippen LogP contribution in [0.5, 0.6) is 0 Å². The van der Waals surface area contributed by atoms with Crippen LogP contribution in [0.2, 0.25) is 0 Å². The van der Waals surface area contributed by atoms with Crippen LogP contribution >= 0.6 is 0 Å². The molecule has 0 saturated carbocycles. The molecule has 0 radical (unpaired) electrons. The first kappa shape index (κ1) is 15.8. The summed E-state index contributed by atoms with van der Waals surface area (Å²) in [5.41, 5.74) is 0. The molecule has 6 nitrogen and oxygen atoms in total. The molecule has 0 atom stereocenters. The monoisotopic (exact) mass is 146 g/mol. The summed E-state index contributed by atoms with van der Waals surface area (Å²) in [5, 5.41) is 18.1. The molecule has 7 heteroatoms. The maximum absolute atomic E-state index is 9.06. The van der Waals surface area contributed by atoms with Gasteiger partial charge in [0.15, 0.2) is 0 Å². The number of ether oxygens (including phenoxy) is 1. The van der Waals surface area contributed by atoms with Crippen LogP contribution in [0, 0.1) is 0 Å². The molecule has 0 aromatic carbocycles. The van der Waals surface area contributed by atoms with Gasteiger partial charge in [-0.2, -0.15) is 0 Å². The van der Waals surface area contributed by atoms with Crippen molar-refractivity contribution in [2.24, 2.45) is 0 Å². The van der Waals surface area contributed by atoms with Crippen molar-refractivity contribution in [2.75, 3.05) is 0 Å². The molecule has 0 unspecified atom stereocenters. The van der Waals surface area contributed by atoms with E-state index in [0.717, 1.165) is 0 Å². The summed E-state index contributed by atoms with van der Waals surface area (Å²) in [6.07, 6.45) is -4.25. The Morgan fingerprint density at radius 3 is 1.33 bits per heavy atom. The predicted molar refractivity (Wildman–Crippen MR) is 21.2 cm³/mol. The van der Waals surface area contributed by atoms with E-state index in [-0.39, 0.29) is 28.5 Å². The molecule has 0 amide bonds. The molecule has 0 aromatic heterocycles. The van der Waals surface area contributed by atoms with Crippen LogP contribution in [0.15, 0.2) is 0 Å². The van der Waals surface area contributed by atoms with Gasteiger partial charge in [-0.25, -0.2) is 0 Å². The van der Waals surface area contributed by atoms with Gasteiger partial charge in [-0.05, 0) is 0 Å². The molecule has 2 N–H and O–H groups in total. The zero-order valence-electron chi connectivity index (χ0n) is 4.25. The molecule has 0 saturated heterocycles. The number of carbonyl (C=O) groups is 2. The standard InChI is InChI=1S/C2H2O5.Mg.H2O/c3-1(4)7-2(5)6;;/h(H,3,4)(H,5,6);;1H2/q;+2;/p-2. The second-order valence-corrected chi connectivity index (χ2v) is 0.602. The number of rotatable bonds is 0. The van der Waals surface area contributed by atoms with Crippen LogP contribution < -0.4 is 10.2 Å². The predicted octanol–water partition coefficient (Wildman–Crippen LogP) is -3.52. The van der Waals surface area contributed by atoms with E-state index in [2.05, 4.69) is 4.74 Å². The summed E-state index contributed by atoms with van der Waals surface area (Å²) in [6, 6.07) is 0. The Morgan fingerprint density at radius 1 is 1.11 bits per heavy atom. The summed E-state index contributed by atoms with van der Waals surface area (Å²) < 4.78 is 2.86. The number of carbonyl (C=O) groups excluding carboxylic acids is 2. The molecule has 0 rings (SSSR count). The minimum Gasteiger partial charge on any atom is -0.483 e. The zero-order valence-corrected chi connectivity index (χ0v) is 5.66. The molecular weight excluding hydrogens is 144 g/mol. The van der Waals surface area contributed by atoms with Crippen molar-refractivity contribution in [3.05, 3.63) is 0 Å². The van der Waals surface area contributed by atoms with Crippen molar-refractivity contribution >= 4 is 35.4 Å². The smallest absolute Gasteiger partial charge is 0.483 e. The topological polar surface area (TPSA) is 121 Å². The van der Waals surface area contributed by atoms with Crippen LogP contribution in [0.3, 0.4) is 0 Å². The van der Waals surface area contributed by atoms with Crippen molar-refractivity contribution in [3.8, 4) is 0 Å². The number of hydrogen-bond acceptors (Lipinski definition) is 5. The second-order valence-electron chi connectivity index (χ2n) is 0.602. The molecular formula is C2H2MgO6. The van der Waals surface area contributed by atoms with Crippen LogP contribution in [0.1, 0.15) is 0 Å². The zero-order chi connectivity index (χ0) is 5.86. The largest absolute Gasteiger partial charge is 2.00 e. The fourth-order valence-electron chi connectivity index (χ4n) is 0.0680. The van der Waals surface area contributed by atoms with Crippen molar-refractivity contribution in [1.29, 1.82) is 0 Å². The van der Waals surface area contributed by atoms with Gasteiger partial charge in [-0.1, -0.05) is 0 Å². The van der Waals surface area contributed by atoms with Gasteiger partial charge in [0.2, 0.25) is 0 Å². The first-order valence-corrected chi connectivity index (χ1v) is 1.22. The molecule has 0 aliphatic heterocycles. The molecule has 0 fully saturated rings. The van der Waals surface area contributed by atoms with Crippen molar-refractivity contribution in [1.82, 2.24) is 0 Å². The third-order valence-corrected chi connectivity index (χ3v) is 0.167. The molecule has 9 heavy (non-hydrogen) atoms. The maximum Gasteiger partial charge on any atom is 2.00 e. The normalized spacial score (nSPS) is 5.78. The van der Waals surface area contributed by atoms with E-state index >= 15 is 0 Å². The average Bonchev–Trinajstić information content (AvgIpc) is 1.27. The van der Waals surface area contributed by atoms with Gasteiger partial charge < -0.3 is 30.0 Å². The third-order valence-electron chi connectivity index (χ3n) is 0.167. The van der Waals surface area contributed by atoms with Gasteiger partial charge in [0.1, 0.15) is 0 Å². The van der Waals surface area contributed by atoms with Crippen LogP contribution in [0.25, 0.3) is 0 Å². The van der Waals surface area contributed by atoms with Crippen LogP contribution in [-0.4, -0.2) is 40.8 Å². The van der Waals surface area contributed by atoms with E-state index in [1.54, 1.807) is 0 Å². The van der Waals surface area contributed by atoms with Crippen molar-refractivity contribution in [3.63, 3.8) is 0 Å². The van der Waals surface area contributed by atoms with E-state index in [1.807, 2.05) is 0 Å². The second kappa shape index (κ2) is 7.47. The van der Waals surface area contributed by atoms with Gasteiger partial charge in [0, 0.05) is 0 Å². The Kier molecular flexibility index (Phi) is 13.1. The summed E-state index contributed by atoms with van der Waals surface area (Å²) in [5.74, 6) is 0. The van der Waals surface area contributed by atoms with Gasteiger partial charge in [-0.3, -0.25) is 0 Å². The van der Waals surface area contributed by atoms with Gasteiger partial charge >= 0.3 is 23.1 Å². The summed E-state index contributed by atoms with van der Waals surface area (Å²) in [7, 11) is 0. The average molecular weight is 146 g/mol. The number of hydrogen-bond donors (Lipinski definition) is 0. The fraction of sp³-hybridized carbons (Fsp3) is 0. The first-order valence-electron chi connectivity index (χ1n) is 1.22. The fourth-order valence-corrected chi connectivity index (χ4v) is 0.0680. The molecule has 0 aliphatic rings. The molecule has 0 heterocycles. The molecule has 48 valence electrons. The molecule has 0 aromatic rings. The minimum absolute atomic E-state index is 0.